The number of hydrogen-bond donors (Lipinski definition) is 1. The first-order valence-electron chi connectivity index (χ1n) is 14.1. The third kappa shape index (κ3) is 4.72. The van der Waals surface area contributed by atoms with Crippen molar-refractivity contribution in [3.05, 3.63) is 146 Å². The average molecular weight is 750 g/mol. The summed E-state index contributed by atoms with van der Waals surface area (Å²) in [7, 11) is 0. The van der Waals surface area contributed by atoms with Gasteiger partial charge in [0.2, 0.25) is 5.88 Å². The maximum atomic E-state index is 10.3. The Labute approximate surface area is 268 Å². The predicted molar refractivity (Wildman–Crippen MR) is 172 cm³/mol. The number of aromatic hydroxyl groups is 1. The number of phenolic OH excluding ortho intramolecular Hbond substituents is 1. The van der Waals surface area contributed by atoms with Gasteiger partial charge in [-0.05, 0) is 58.0 Å². The van der Waals surface area contributed by atoms with E-state index in [0.29, 0.717) is 17.1 Å². The summed E-state index contributed by atoms with van der Waals surface area (Å²) in [4.78, 5) is 9.29. The van der Waals surface area contributed by atoms with Crippen molar-refractivity contribution in [3.63, 3.8) is 0 Å². The topological polar surface area (TPSA) is 60.2 Å². The average Bonchev–Trinajstić information content (AvgIpc) is 3.39. The molecule has 6 heteroatoms. The number of nitrogens with zero attached hydrogens (tertiary/aromatic N) is 3. The minimum Gasteiger partial charge on any atom is -0.506 e. The van der Waals surface area contributed by atoms with E-state index in [1.54, 1.807) is 24.4 Å². The first-order valence-corrected chi connectivity index (χ1v) is 14.1. The molecule has 8 aromatic rings. The van der Waals surface area contributed by atoms with Crippen molar-refractivity contribution >= 4 is 32.7 Å². The van der Waals surface area contributed by atoms with E-state index in [2.05, 4.69) is 82.3 Å². The third-order valence-corrected chi connectivity index (χ3v) is 7.73. The molecule has 0 fully saturated rings. The summed E-state index contributed by atoms with van der Waals surface area (Å²) in [6.07, 6.45) is 1.80. The maximum Gasteiger partial charge on any atom is 0.217 e. The number of ether oxygens (including phenoxy) is 1. The number of phenols is 1. The van der Waals surface area contributed by atoms with Crippen LogP contribution in [0.25, 0.3) is 60.8 Å². The van der Waals surface area contributed by atoms with Gasteiger partial charge in [0.15, 0.2) is 0 Å². The summed E-state index contributed by atoms with van der Waals surface area (Å²) < 4.78 is 8.37. The van der Waals surface area contributed by atoms with E-state index in [-0.39, 0.29) is 26.8 Å². The molecule has 0 atom stereocenters. The van der Waals surface area contributed by atoms with Gasteiger partial charge in [-0.2, -0.15) is 6.07 Å². The molecule has 0 radical (unpaired) electrons. The fraction of sp³-hybridized carbons (Fsp3) is 0. The second kappa shape index (κ2) is 11.4. The molecule has 5 nitrogen and oxygen atoms in total. The Bertz CT molecular complexity index is 2270. The van der Waals surface area contributed by atoms with Crippen LogP contribution in [0.15, 0.2) is 140 Å². The van der Waals surface area contributed by atoms with Gasteiger partial charge >= 0.3 is 0 Å². The van der Waals surface area contributed by atoms with Crippen LogP contribution < -0.4 is 4.74 Å². The van der Waals surface area contributed by atoms with Crippen molar-refractivity contribution in [2.45, 2.75) is 0 Å². The summed E-state index contributed by atoms with van der Waals surface area (Å²) in [6.45, 7) is 0. The maximum absolute atomic E-state index is 10.3. The monoisotopic (exact) mass is 749 g/mol. The van der Waals surface area contributed by atoms with E-state index in [0.717, 1.165) is 55.3 Å². The molecule has 44 heavy (non-hydrogen) atoms. The van der Waals surface area contributed by atoms with Crippen molar-refractivity contribution in [1.29, 1.82) is 0 Å². The molecule has 0 aliphatic carbocycles. The largest absolute Gasteiger partial charge is 0.506 e. The van der Waals surface area contributed by atoms with Crippen molar-refractivity contribution in [2.24, 2.45) is 0 Å². The molecule has 3 aromatic heterocycles. The van der Waals surface area contributed by atoms with E-state index < -0.39 is 0 Å². The Morgan fingerprint density at radius 2 is 1.45 bits per heavy atom. The standard InChI is InChI=1S/C38H24N3O2.Pt/c42-33-15-9-14-27-17-22-35(40-38(27)33)43-28-18-19-30-32(24-28)41(34-16-7-8-23-39-34)31-21-20-29(25-10-3-1-4-11-25)36(37(30)31)26-12-5-2-6-13-26;/h1-23,42H;/q-1;. The number of fused-ring (bicyclic) bond motifs is 4. The van der Waals surface area contributed by atoms with Gasteiger partial charge in [-0.25, -0.2) is 9.97 Å². The van der Waals surface area contributed by atoms with Gasteiger partial charge < -0.3 is 14.4 Å². The molecule has 0 bridgehead atoms. The van der Waals surface area contributed by atoms with Crippen LogP contribution in [0.2, 0.25) is 0 Å². The zero-order valence-corrected chi connectivity index (χ0v) is 25.6. The summed E-state index contributed by atoms with van der Waals surface area (Å²) in [5, 5.41) is 13.3. The molecule has 0 saturated heterocycles. The van der Waals surface area contributed by atoms with Gasteiger partial charge in [0.25, 0.3) is 0 Å². The molecule has 0 saturated carbocycles. The van der Waals surface area contributed by atoms with E-state index in [4.69, 9.17) is 9.72 Å². The molecule has 1 N–H and O–H groups in total. The van der Waals surface area contributed by atoms with Gasteiger partial charge in [0, 0.05) is 50.0 Å². The number of pyridine rings is 2. The fourth-order valence-corrected chi connectivity index (χ4v) is 5.84. The minimum absolute atomic E-state index is 0. The van der Waals surface area contributed by atoms with Gasteiger partial charge in [-0.1, -0.05) is 90.4 Å². The molecule has 8 rings (SSSR count). The molecule has 0 unspecified atom stereocenters. The van der Waals surface area contributed by atoms with Crippen molar-refractivity contribution in [2.75, 3.05) is 0 Å². The first kappa shape index (κ1) is 27.6. The summed E-state index contributed by atoms with van der Waals surface area (Å²) in [6, 6.07) is 47.8. The van der Waals surface area contributed by atoms with Crippen molar-refractivity contribution in [3.8, 4) is 45.5 Å². The molecule has 0 aliphatic heterocycles. The van der Waals surface area contributed by atoms with E-state index >= 15 is 0 Å². The van der Waals surface area contributed by atoms with E-state index in [1.165, 1.54) is 0 Å². The van der Waals surface area contributed by atoms with Gasteiger partial charge in [-0.3, -0.25) is 0 Å². The van der Waals surface area contributed by atoms with Crippen LogP contribution in [0.5, 0.6) is 17.4 Å². The van der Waals surface area contributed by atoms with Crippen molar-refractivity contribution in [1.82, 2.24) is 14.5 Å². The third-order valence-electron chi connectivity index (χ3n) is 7.73. The van der Waals surface area contributed by atoms with Crippen LogP contribution in [-0.4, -0.2) is 19.6 Å². The summed E-state index contributed by atoms with van der Waals surface area (Å²) in [5.74, 6) is 1.79. The number of rotatable bonds is 5. The molecular weight excluding hydrogens is 726 g/mol. The first-order chi connectivity index (χ1) is 21.2. The number of aromatic nitrogens is 3. The number of para-hydroxylation sites is 1. The Balaban J connectivity index is 0.00000312. The Kier molecular flexibility index (Phi) is 7.17. The van der Waals surface area contributed by atoms with Gasteiger partial charge in [-0.15, -0.1) is 17.5 Å². The molecule has 0 spiro atoms. The van der Waals surface area contributed by atoms with E-state index in [1.807, 2.05) is 48.5 Å². The van der Waals surface area contributed by atoms with Crippen LogP contribution in [-0.2, 0) is 21.1 Å². The molecule has 3 heterocycles. The Morgan fingerprint density at radius 3 is 2.23 bits per heavy atom. The van der Waals surface area contributed by atoms with Crippen LogP contribution in [0.1, 0.15) is 0 Å². The normalized spacial score (nSPS) is 11.1. The van der Waals surface area contributed by atoms with Crippen LogP contribution in [0.3, 0.4) is 0 Å². The second-order valence-corrected chi connectivity index (χ2v) is 10.3. The Morgan fingerprint density at radius 1 is 0.682 bits per heavy atom. The zero-order valence-electron chi connectivity index (χ0n) is 23.3. The van der Waals surface area contributed by atoms with Gasteiger partial charge in [0.05, 0.1) is 0 Å². The zero-order chi connectivity index (χ0) is 28.8. The quantitative estimate of drug-likeness (QED) is 0.178. The minimum atomic E-state index is 0. The second-order valence-electron chi connectivity index (χ2n) is 10.3. The molecule has 5 aromatic carbocycles. The van der Waals surface area contributed by atoms with E-state index in [9.17, 15) is 5.11 Å². The SMILES string of the molecule is Oc1cccc2ccc(Oc3[c-]c4c(cc3)c3c(-c5ccccc5)c(-c5ccccc5)ccc3n4-c3ccccn3)nc12.[Pt]. The molecule has 0 amide bonds. The molecule has 0 aliphatic rings. The molecular formula is C38H24N3O2Pt-. The Hall–Kier alpha value is -5.25. The number of hydrogen-bond acceptors (Lipinski definition) is 4. The van der Waals surface area contributed by atoms with Crippen LogP contribution in [0, 0.1) is 6.07 Å². The summed E-state index contributed by atoms with van der Waals surface area (Å²) in [5.41, 5.74) is 6.94. The van der Waals surface area contributed by atoms with Crippen LogP contribution in [0.4, 0.5) is 0 Å². The van der Waals surface area contributed by atoms with Crippen molar-refractivity contribution < 1.29 is 30.9 Å². The van der Waals surface area contributed by atoms with Gasteiger partial charge in [0.1, 0.15) is 17.1 Å². The molecule has 214 valence electrons. The smallest absolute Gasteiger partial charge is 0.217 e. The van der Waals surface area contributed by atoms with Crippen LogP contribution >= 0.6 is 0 Å². The summed E-state index contributed by atoms with van der Waals surface area (Å²) >= 11 is 0. The predicted octanol–water partition coefficient (Wildman–Crippen LogP) is 9.36. The number of benzene rings is 5. The fourth-order valence-electron chi connectivity index (χ4n) is 5.84.